The molecule has 0 amide bonds. The molecule has 1 aliphatic heterocycles. The minimum absolute atomic E-state index is 0.193. The summed E-state index contributed by atoms with van der Waals surface area (Å²) in [5.41, 5.74) is 6.90. The third-order valence-electron chi connectivity index (χ3n) is 5.08. The molecule has 0 aromatic heterocycles. The van der Waals surface area contributed by atoms with E-state index >= 15 is 0 Å². The molecule has 0 bridgehead atoms. The maximum Gasteiger partial charge on any atom is 0.0701 e. The average Bonchev–Trinajstić information content (AvgIpc) is 3.24. The highest BCUT2D eigenvalue weighted by Crippen LogP contribution is 2.17. The largest absolute Gasteiger partial charge is 0.379 e. The monoisotopic (exact) mass is 521 g/mol. The SMILES string of the molecule is CC(C)(C)CCOCCOCCOCCOCC1CN(CCOCCOCCOCC(C)(C)C)NN1. The van der Waals surface area contributed by atoms with Gasteiger partial charge in [0.2, 0.25) is 0 Å². The van der Waals surface area contributed by atoms with Crippen LogP contribution in [0.25, 0.3) is 0 Å². The van der Waals surface area contributed by atoms with Gasteiger partial charge in [0.1, 0.15) is 0 Å². The Morgan fingerprint density at radius 3 is 1.58 bits per heavy atom. The Hall–Kier alpha value is -0.400. The van der Waals surface area contributed by atoms with Gasteiger partial charge in [-0.3, -0.25) is 0 Å². The summed E-state index contributed by atoms with van der Waals surface area (Å²) in [5.74, 6) is 0. The molecule has 1 rings (SSSR count). The number of hydrazine groups is 2. The topological polar surface area (TPSA) is 91.9 Å². The van der Waals surface area contributed by atoms with Crippen LogP contribution in [0, 0.1) is 10.8 Å². The quantitative estimate of drug-likeness (QED) is 0.195. The van der Waals surface area contributed by atoms with E-state index in [1.807, 2.05) is 0 Å². The van der Waals surface area contributed by atoms with Gasteiger partial charge in [-0.25, -0.2) is 10.4 Å². The van der Waals surface area contributed by atoms with Gasteiger partial charge in [0.05, 0.1) is 91.9 Å². The zero-order valence-electron chi connectivity index (χ0n) is 23.9. The van der Waals surface area contributed by atoms with E-state index in [-0.39, 0.29) is 11.5 Å². The van der Waals surface area contributed by atoms with Crippen LogP contribution in [0.4, 0.5) is 0 Å². The molecule has 36 heavy (non-hydrogen) atoms. The minimum atomic E-state index is 0.193. The van der Waals surface area contributed by atoms with E-state index in [0.29, 0.717) is 84.7 Å². The van der Waals surface area contributed by atoms with Crippen LogP contribution in [0.3, 0.4) is 0 Å². The molecule has 10 heteroatoms. The third kappa shape index (κ3) is 22.8. The molecule has 10 nitrogen and oxygen atoms in total. The number of rotatable bonds is 23. The second-order valence-electron chi connectivity index (χ2n) is 11.5. The van der Waals surface area contributed by atoms with E-state index < -0.39 is 0 Å². The highest BCUT2D eigenvalue weighted by molar-refractivity contribution is 4.73. The highest BCUT2D eigenvalue weighted by atomic mass is 16.6. The molecule has 0 saturated carbocycles. The molecule has 1 unspecified atom stereocenters. The first-order chi connectivity index (χ1) is 17.2. The van der Waals surface area contributed by atoms with E-state index in [9.17, 15) is 0 Å². The summed E-state index contributed by atoms with van der Waals surface area (Å²) in [6.07, 6.45) is 1.06. The first-order valence-electron chi connectivity index (χ1n) is 13.5. The van der Waals surface area contributed by atoms with Crippen molar-refractivity contribution in [1.29, 1.82) is 0 Å². The molecule has 1 aliphatic rings. The van der Waals surface area contributed by atoms with Gasteiger partial charge in [-0.2, -0.15) is 5.53 Å². The van der Waals surface area contributed by atoms with Gasteiger partial charge in [-0.15, -0.1) is 0 Å². The van der Waals surface area contributed by atoms with Crippen LogP contribution in [0.2, 0.25) is 0 Å². The third-order valence-corrected chi connectivity index (χ3v) is 5.08. The van der Waals surface area contributed by atoms with Crippen molar-refractivity contribution >= 4 is 0 Å². The molecule has 0 aromatic carbocycles. The smallest absolute Gasteiger partial charge is 0.0701 e. The Morgan fingerprint density at radius 1 is 0.583 bits per heavy atom. The van der Waals surface area contributed by atoms with Crippen LogP contribution in [-0.2, 0) is 33.2 Å². The molecular formula is C26H55N3O7. The number of ether oxygens (including phenoxy) is 7. The second-order valence-corrected chi connectivity index (χ2v) is 11.5. The van der Waals surface area contributed by atoms with Gasteiger partial charge in [0, 0.05) is 19.7 Å². The predicted molar refractivity (Wildman–Crippen MR) is 141 cm³/mol. The van der Waals surface area contributed by atoms with Gasteiger partial charge < -0.3 is 33.2 Å². The fourth-order valence-electron chi connectivity index (χ4n) is 3.04. The molecule has 1 fully saturated rings. The zero-order valence-corrected chi connectivity index (χ0v) is 23.9. The minimum Gasteiger partial charge on any atom is -0.379 e. The van der Waals surface area contributed by atoms with Crippen molar-refractivity contribution in [2.45, 2.75) is 54.0 Å². The summed E-state index contributed by atoms with van der Waals surface area (Å²) in [5, 5.41) is 2.09. The lowest BCUT2D eigenvalue weighted by Crippen LogP contribution is -2.39. The number of hydrogen-bond donors (Lipinski definition) is 2. The maximum atomic E-state index is 5.71. The first-order valence-corrected chi connectivity index (χ1v) is 13.5. The molecule has 0 aromatic rings. The fraction of sp³-hybridized carbons (Fsp3) is 1.00. The predicted octanol–water partition coefficient (Wildman–Crippen LogP) is 2.28. The summed E-state index contributed by atoms with van der Waals surface area (Å²) in [6.45, 7) is 23.5. The lowest BCUT2D eigenvalue weighted by molar-refractivity contribution is -0.00594. The molecule has 0 radical (unpaired) electrons. The average molecular weight is 522 g/mol. The fourth-order valence-corrected chi connectivity index (χ4v) is 3.04. The highest BCUT2D eigenvalue weighted by Gasteiger charge is 2.21. The van der Waals surface area contributed by atoms with Crippen LogP contribution in [0.15, 0.2) is 0 Å². The lowest BCUT2D eigenvalue weighted by Gasteiger charge is -2.18. The van der Waals surface area contributed by atoms with Crippen molar-refractivity contribution in [2.24, 2.45) is 10.8 Å². The molecule has 1 saturated heterocycles. The normalized spacial score (nSPS) is 17.3. The number of hydrogen-bond acceptors (Lipinski definition) is 10. The van der Waals surface area contributed by atoms with Gasteiger partial charge in [-0.05, 0) is 17.3 Å². The van der Waals surface area contributed by atoms with Crippen LogP contribution in [-0.4, -0.2) is 117 Å². The molecule has 1 heterocycles. The Morgan fingerprint density at radius 2 is 1.06 bits per heavy atom. The summed E-state index contributed by atoms with van der Waals surface area (Å²) in [6, 6.07) is 0.239. The van der Waals surface area contributed by atoms with Crippen LogP contribution < -0.4 is 11.0 Å². The van der Waals surface area contributed by atoms with Crippen molar-refractivity contribution < 1.29 is 33.2 Å². The summed E-state index contributed by atoms with van der Waals surface area (Å²) in [7, 11) is 0. The second kappa shape index (κ2) is 20.5. The molecule has 1 atom stereocenters. The van der Waals surface area contributed by atoms with E-state index in [4.69, 9.17) is 33.2 Å². The Kier molecular flexibility index (Phi) is 19.2. The molecular weight excluding hydrogens is 466 g/mol. The Labute approximate surface area is 219 Å². The zero-order chi connectivity index (χ0) is 26.5. The van der Waals surface area contributed by atoms with E-state index in [1.54, 1.807) is 0 Å². The summed E-state index contributed by atoms with van der Waals surface area (Å²) in [4.78, 5) is 0. The van der Waals surface area contributed by atoms with Crippen LogP contribution >= 0.6 is 0 Å². The van der Waals surface area contributed by atoms with Gasteiger partial charge in [0.15, 0.2) is 0 Å². The van der Waals surface area contributed by atoms with Gasteiger partial charge in [0.25, 0.3) is 0 Å². The number of nitrogens with zero attached hydrogens (tertiary/aromatic N) is 1. The molecule has 216 valence electrons. The Balaban J connectivity index is 1.79. The first kappa shape index (κ1) is 33.6. The lowest BCUT2D eigenvalue weighted by atomic mass is 9.93. The summed E-state index contributed by atoms with van der Waals surface area (Å²) >= 11 is 0. The van der Waals surface area contributed by atoms with Crippen molar-refractivity contribution in [1.82, 2.24) is 16.0 Å². The van der Waals surface area contributed by atoms with Crippen molar-refractivity contribution in [2.75, 3.05) is 106 Å². The van der Waals surface area contributed by atoms with E-state index in [2.05, 4.69) is 57.5 Å². The molecule has 0 aliphatic carbocycles. The van der Waals surface area contributed by atoms with Crippen molar-refractivity contribution in [3.05, 3.63) is 0 Å². The molecule has 2 N–H and O–H groups in total. The van der Waals surface area contributed by atoms with Crippen molar-refractivity contribution in [3.63, 3.8) is 0 Å². The van der Waals surface area contributed by atoms with E-state index in [0.717, 1.165) is 32.7 Å². The van der Waals surface area contributed by atoms with E-state index in [1.165, 1.54) is 0 Å². The molecule has 0 spiro atoms. The number of nitrogens with one attached hydrogen (secondary N) is 2. The van der Waals surface area contributed by atoms with Crippen molar-refractivity contribution in [3.8, 4) is 0 Å². The summed E-state index contributed by atoms with van der Waals surface area (Å²) < 4.78 is 39.1. The van der Waals surface area contributed by atoms with Gasteiger partial charge in [-0.1, -0.05) is 41.5 Å². The van der Waals surface area contributed by atoms with Crippen LogP contribution in [0.5, 0.6) is 0 Å². The van der Waals surface area contributed by atoms with Gasteiger partial charge >= 0.3 is 0 Å². The standard InChI is InChI=1S/C26H55N3O7/c1-25(2,3)7-9-30-11-13-32-15-16-33-17-19-35-22-24-21-29(28-27-24)8-10-31-12-14-34-18-20-36-23-26(4,5)6/h24,27-28H,7-23H2,1-6H3. The Bertz CT molecular complexity index is 501. The maximum absolute atomic E-state index is 5.71. The van der Waals surface area contributed by atoms with Crippen LogP contribution in [0.1, 0.15) is 48.0 Å².